The Kier molecular flexibility index (Phi) is 5.20. The Morgan fingerprint density at radius 3 is 2.92 bits per heavy atom. The minimum atomic E-state index is -0.408. The van der Waals surface area contributed by atoms with Crippen LogP contribution in [0.15, 0.2) is 35.1 Å². The number of nitrogens with zero attached hydrogens (tertiary/aromatic N) is 5. The van der Waals surface area contributed by atoms with Crippen LogP contribution in [0.2, 0.25) is 0 Å². The number of rotatable bonds is 6. The van der Waals surface area contributed by atoms with Crippen LogP contribution in [0, 0.1) is 5.82 Å². The van der Waals surface area contributed by atoms with Gasteiger partial charge in [0.25, 0.3) is 0 Å². The van der Waals surface area contributed by atoms with Gasteiger partial charge in [-0.15, -0.1) is 10.2 Å². The third kappa shape index (κ3) is 4.21. The lowest BCUT2D eigenvalue weighted by atomic mass is 10.1. The van der Waals surface area contributed by atoms with Crippen LogP contribution in [0.25, 0.3) is 0 Å². The van der Waals surface area contributed by atoms with Gasteiger partial charge in [-0.2, -0.15) is 4.98 Å². The standard InChI is InChI=1S/C16H18FN7O2/c1-10(15-22-19-9-24(15)2)20-16(25)18-8-14-21-13(23-26-14)7-11-5-3-4-6-12(11)17/h3-6,9-10H,7-8H2,1-2H3,(H2,18,20,25). The molecule has 26 heavy (non-hydrogen) atoms. The van der Waals surface area contributed by atoms with Crippen LogP contribution in [-0.4, -0.2) is 30.9 Å². The van der Waals surface area contributed by atoms with Crippen LogP contribution in [0.1, 0.15) is 36.1 Å². The van der Waals surface area contributed by atoms with Crippen molar-refractivity contribution in [2.75, 3.05) is 0 Å². The molecule has 0 fully saturated rings. The van der Waals surface area contributed by atoms with Gasteiger partial charge in [-0.05, 0) is 18.6 Å². The Balaban J connectivity index is 1.51. The van der Waals surface area contributed by atoms with Gasteiger partial charge in [0.05, 0.1) is 12.6 Å². The van der Waals surface area contributed by atoms with Gasteiger partial charge < -0.3 is 19.7 Å². The van der Waals surface area contributed by atoms with E-state index in [4.69, 9.17) is 4.52 Å². The van der Waals surface area contributed by atoms with Crippen LogP contribution in [0.5, 0.6) is 0 Å². The van der Waals surface area contributed by atoms with E-state index in [1.54, 1.807) is 43.1 Å². The second-order valence-corrected chi connectivity index (χ2v) is 5.72. The molecule has 0 saturated heterocycles. The number of aromatic nitrogens is 5. The number of halogens is 1. The van der Waals surface area contributed by atoms with Gasteiger partial charge >= 0.3 is 6.03 Å². The molecule has 0 spiro atoms. The molecule has 0 aliphatic carbocycles. The summed E-state index contributed by atoms with van der Waals surface area (Å²) in [7, 11) is 1.79. The van der Waals surface area contributed by atoms with Crippen LogP contribution < -0.4 is 10.6 Å². The normalized spacial score (nSPS) is 12.0. The maximum absolute atomic E-state index is 13.6. The quantitative estimate of drug-likeness (QED) is 0.690. The first-order chi connectivity index (χ1) is 12.5. The summed E-state index contributed by atoms with van der Waals surface area (Å²) in [4.78, 5) is 16.1. The highest BCUT2D eigenvalue weighted by molar-refractivity contribution is 5.74. The molecule has 1 atom stereocenters. The molecule has 0 bridgehead atoms. The van der Waals surface area contributed by atoms with E-state index in [1.807, 2.05) is 0 Å². The van der Waals surface area contributed by atoms with Crippen LogP contribution in [-0.2, 0) is 20.0 Å². The van der Waals surface area contributed by atoms with E-state index in [9.17, 15) is 9.18 Å². The summed E-state index contributed by atoms with van der Waals surface area (Å²) < 4.78 is 20.4. The van der Waals surface area contributed by atoms with Gasteiger partial charge in [-0.25, -0.2) is 9.18 Å². The average Bonchev–Trinajstić information content (AvgIpc) is 3.24. The number of hydrogen-bond donors (Lipinski definition) is 2. The largest absolute Gasteiger partial charge is 0.337 e. The minimum Gasteiger partial charge on any atom is -0.337 e. The number of carbonyl (C=O) groups is 1. The number of amides is 2. The van der Waals surface area contributed by atoms with E-state index in [0.29, 0.717) is 17.2 Å². The Labute approximate surface area is 148 Å². The second kappa shape index (κ2) is 7.72. The number of urea groups is 1. The molecule has 1 unspecified atom stereocenters. The molecule has 3 rings (SSSR count). The van der Waals surface area contributed by atoms with Crippen LogP contribution >= 0.6 is 0 Å². The summed E-state index contributed by atoms with van der Waals surface area (Å²) in [6, 6.07) is 5.66. The Bertz CT molecular complexity index is 892. The smallest absolute Gasteiger partial charge is 0.315 e. The van der Waals surface area contributed by atoms with Crippen molar-refractivity contribution in [2.45, 2.75) is 25.9 Å². The maximum atomic E-state index is 13.6. The van der Waals surface area contributed by atoms with Gasteiger partial charge in [-0.3, -0.25) is 0 Å². The minimum absolute atomic E-state index is 0.0572. The van der Waals surface area contributed by atoms with Crippen molar-refractivity contribution in [3.8, 4) is 0 Å². The monoisotopic (exact) mass is 359 g/mol. The van der Waals surface area contributed by atoms with E-state index in [-0.39, 0.29) is 30.7 Å². The van der Waals surface area contributed by atoms with Crippen LogP contribution in [0.4, 0.5) is 9.18 Å². The van der Waals surface area contributed by atoms with Gasteiger partial charge in [-0.1, -0.05) is 23.4 Å². The molecule has 10 heteroatoms. The molecule has 0 saturated carbocycles. The first-order valence-electron chi connectivity index (χ1n) is 7.96. The van der Waals surface area contributed by atoms with E-state index >= 15 is 0 Å². The van der Waals surface area contributed by atoms with Crippen molar-refractivity contribution in [3.05, 3.63) is 59.5 Å². The van der Waals surface area contributed by atoms with Gasteiger partial charge in [0.1, 0.15) is 12.1 Å². The zero-order valence-electron chi connectivity index (χ0n) is 14.3. The lowest BCUT2D eigenvalue weighted by Crippen LogP contribution is -2.37. The van der Waals surface area contributed by atoms with E-state index in [1.165, 1.54) is 6.07 Å². The molecule has 2 amide bonds. The average molecular weight is 359 g/mol. The molecule has 3 aromatic rings. The molecule has 2 N–H and O–H groups in total. The Morgan fingerprint density at radius 2 is 2.19 bits per heavy atom. The van der Waals surface area contributed by atoms with Crippen molar-refractivity contribution < 1.29 is 13.7 Å². The highest BCUT2D eigenvalue weighted by Crippen LogP contribution is 2.11. The van der Waals surface area contributed by atoms with Crippen molar-refractivity contribution in [3.63, 3.8) is 0 Å². The highest BCUT2D eigenvalue weighted by atomic mass is 19.1. The summed E-state index contributed by atoms with van der Waals surface area (Å²) in [6.07, 6.45) is 1.77. The third-order valence-electron chi connectivity index (χ3n) is 3.70. The molecule has 0 aliphatic heterocycles. The molecule has 9 nitrogen and oxygen atoms in total. The molecule has 2 aromatic heterocycles. The summed E-state index contributed by atoms with van der Waals surface area (Å²) in [6.45, 7) is 1.85. The molecule has 0 aliphatic rings. The van der Waals surface area contributed by atoms with Crippen molar-refractivity contribution in [2.24, 2.45) is 7.05 Å². The lowest BCUT2D eigenvalue weighted by molar-refractivity contribution is 0.235. The SMILES string of the molecule is CC(NC(=O)NCc1nc(Cc2ccccc2F)no1)c1nncn1C. The number of aryl methyl sites for hydroxylation is 1. The maximum Gasteiger partial charge on any atom is 0.315 e. The number of benzene rings is 1. The Hall–Kier alpha value is -3.30. The molecule has 0 radical (unpaired) electrons. The first-order valence-corrected chi connectivity index (χ1v) is 7.96. The first kappa shape index (κ1) is 17.5. The Morgan fingerprint density at radius 1 is 1.38 bits per heavy atom. The lowest BCUT2D eigenvalue weighted by Gasteiger charge is -2.12. The predicted octanol–water partition coefficient (Wildman–Crippen LogP) is 1.49. The van der Waals surface area contributed by atoms with Crippen LogP contribution in [0.3, 0.4) is 0 Å². The van der Waals surface area contributed by atoms with E-state index in [0.717, 1.165) is 0 Å². The number of hydrogen-bond acceptors (Lipinski definition) is 6. The molecule has 136 valence electrons. The third-order valence-corrected chi connectivity index (χ3v) is 3.70. The fourth-order valence-electron chi connectivity index (χ4n) is 2.40. The summed E-state index contributed by atoms with van der Waals surface area (Å²) in [5.41, 5.74) is 0.475. The predicted molar refractivity (Wildman–Crippen MR) is 88.3 cm³/mol. The molecular weight excluding hydrogens is 341 g/mol. The fraction of sp³-hybridized carbons (Fsp3) is 0.312. The van der Waals surface area contributed by atoms with Crippen molar-refractivity contribution in [1.82, 2.24) is 35.5 Å². The zero-order valence-corrected chi connectivity index (χ0v) is 14.3. The molecule has 2 heterocycles. The topological polar surface area (TPSA) is 111 Å². The number of carbonyl (C=O) groups excluding carboxylic acids is 1. The van der Waals surface area contributed by atoms with Gasteiger partial charge in [0.15, 0.2) is 11.6 Å². The second-order valence-electron chi connectivity index (χ2n) is 5.72. The summed E-state index contributed by atoms with van der Waals surface area (Å²) in [5, 5.41) is 16.9. The highest BCUT2D eigenvalue weighted by Gasteiger charge is 2.15. The molecule has 1 aromatic carbocycles. The van der Waals surface area contributed by atoms with Gasteiger partial charge in [0.2, 0.25) is 5.89 Å². The number of nitrogens with one attached hydrogen (secondary N) is 2. The van der Waals surface area contributed by atoms with E-state index in [2.05, 4.69) is 31.0 Å². The zero-order chi connectivity index (χ0) is 18.5. The summed E-state index contributed by atoms with van der Waals surface area (Å²) >= 11 is 0. The van der Waals surface area contributed by atoms with E-state index < -0.39 is 6.03 Å². The summed E-state index contributed by atoms with van der Waals surface area (Å²) in [5.74, 6) is 0.886. The fourth-order valence-corrected chi connectivity index (χ4v) is 2.40. The van der Waals surface area contributed by atoms with Crippen molar-refractivity contribution in [1.29, 1.82) is 0 Å². The van der Waals surface area contributed by atoms with Crippen molar-refractivity contribution >= 4 is 6.03 Å². The molecular formula is C16H18FN7O2. The van der Waals surface area contributed by atoms with Gasteiger partial charge in [0, 0.05) is 13.5 Å².